The molecule has 3 rings (SSSR count). The second-order valence-electron chi connectivity index (χ2n) is 5.74. The maximum absolute atomic E-state index is 12.2. The van der Waals surface area contributed by atoms with Crippen molar-refractivity contribution in [3.8, 4) is 0 Å². The molecular weight excluding hydrogens is 252 g/mol. The van der Waals surface area contributed by atoms with E-state index in [2.05, 4.69) is 17.4 Å². The number of nitrogens with zero attached hydrogens (tertiary/aromatic N) is 1. The fourth-order valence-electron chi connectivity index (χ4n) is 2.84. The molecule has 0 spiro atoms. The topological polar surface area (TPSA) is 41.6 Å². The Kier molecular flexibility index (Phi) is 4.03. The molecule has 0 aromatic heterocycles. The summed E-state index contributed by atoms with van der Waals surface area (Å²) in [6.07, 6.45) is 2.69. The SMILES string of the molecule is CNCC(=O)N1C[C@@H](c2ccccc2)O[C@@H](C2CC2)C1. The first kappa shape index (κ1) is 13.6. The smallest absolute Gasteiger partial charge is 0.236 e. The molecule has 108 valence electrons. The Morgan fingerprint density at radius 2 is 2.05 bits per heavy atom. The van der Waals surface area contributed by atoms with Gasteiger partial charge in [-0.1, -0.05) is 30.3 Å². The summed E-state index contributed by atoms with van der Waals surface area (Å²) < 4.78 is 6.24. The summed E-state index contributed by atoms with van der Waals surface area (Å²) >= 11 is 0. The zero-order valence-corrected chi connectivity index (χ0v) is 11.9. The summed E-state index contributed by atoms with van der Waals surface area (Å²) in [5.41, 5.74) is 1.17. The van der Waals surface area contributed by atoms with E-state index in [-0.39, 0.29) is 18.1 Å². The molecule has 2 atom stereocenters. The zero-order valence-electron chi connectivity index (χ0n) is 11.9. The van der Waals surface area contributed by atoms with Gasteiger partial charge >= 0.3 is 0 Å². The van der Waals surface area contributed by atoms with Crippen LogP contribution in [0.2, 0.25) is 0 Å². The van der Waals surface area contributed by atoms with Crippen molar-refractivity contribution in [2.75, 3.05) is 26.7 Å². The van der Waals surface area contributed by atoms with Crippen molar-refractivity contribution in [1.29, 1.82) is 0 Å². The Labute approximate surface area is 120 Å². The number of hydrogen-bond donors (Lipinski definition) is 1. The first-order valence-corrected chi connectivity index (χ1v) is 7.40. The van der Waals surface area contributed by atoms with Gasteiger partial charge in [-0.2, -0.15) is 0 Å². The Morgan fingerprint density at radius 1 is 1.30 bits per heavy atom. The van der Waals surface area contributed by atoms with Gasteiger partial charge < -0.3 is 15.0 Å². The number of carbonyl (C=O) groups excluding carboxylic acids is 1. The number of rotatable bonds is 4. The van der Waals surface area contributed by atoms with Gasteiger partial charge in [-0.25, -0.2) is 0 Å². The highest BCUT2D eigenvalue weighted by Crippen LogP contribution is 2.39. The van der Waals surface area contributed by atoms with Gasteiger partial charge in [-0.05, 0) is 31.4 Å². The minimum atomic E-state index is 0.0105. The third-order valence-electron chi connectivity index (χ3n) is 4.13. The number of ether oxygens (including phenoxy) is 1. The molecule has 1 aromatic carbocycles. The molecule has 2 aliphatic rings. The molecule has 1 saturated heterocycles. The number of benzene rings is 1. The molecule has 20 heavy (non-hydrogen) atoms. The largest absolute Gasteiger partial charge is 0.366 e. The Balaban J connectivity index is 1.74. The number of nitrogens with one attached hydrogen (secondary N) is 1. The highest BCUT2D eigenvalue weighted by molar-refractivity contribution is 5.78. The molecule has 1 saturated carbocycles. The van der Waals surface area contributed by atoms with Gasteiger partial charge in [0.25, 0.3) is 0 Å². The van der Waals surface area contributed by atoms with E-state index in [1.165, 1.54) is 18.4 Å². The lowest BCUT2D eigenvalue weighted by Gasteiger charge is -2.38. The summed E-state index contributed by atoms with van der Waals surface area (Å²) in [6, 6.07) is 10.2. The standard InChI is InChI=1S/C16H22N2O2/c1-17-9-16(19)18-10-14(12-5-3-2-4-6-12)20-15(11-18)13-7-8-13/h2-6,13-15,17H,7-11H2,1H3/t14-,15+/m0/s1. The summed E-state index contributed by atoms with van der Waals surface area (Å²) in [5.74, 6) is 0.814. The molecule has 1 aliphatic carbocycles. The van der Waals surface area contributed by atoms with E-state index < -0.39 is 0 Å². The minimum absolute atomic E-state index is 0.0105. The van der Waals surface area contributed by atoms with E-state index >= 15 is 0 Å². The van der Waals surface area contributed by atoms with Crippen LogP contribution in [0, 0.1) is 5.92 Å². The first-order chi connectivity index (χ1) is 9.78. The molecular formula is C16H22N2O2. The van der Waals surface area contributed by atoms with Crippen molar-refractivity contribution < 1.29 is 9.53 Å². The number of likely N-dealkylation sites (N-methyl/N-ethyl adjacent to an activating group) is 1. The van der Waals surface area contributed by atoms with Crippen molar-refractivity contribution in [2.24, 2.45) is 5.92 Å². The lowest BCUT2D eigenvalue weighted by molar-refractivity contribution is -0.147. The van der Waals surface area contributed by atoms with Crippen LogP contribution in [0.1, 0.15) is 24.5 Å². The Hall–Kier alpha value is -1.39. The van der Waals surface area contributed by atoms with Crippen molar-refractivity contribution >= 4 is 5.91 Å². The number of morpholine rings is 1. The van der Waals surface area contributed by atoms with Gasteiger partial charge in [0.05, 0.1) is 19.2 Å². The third kappa shape index (κ3) is 3.02. The fraction of sp³-hybridized carbons (Fsp3) is 0.562. The van der Waals surface area contributed by atoms with E-state index in [9.17, 15) is 4.79 Å². The Morgan fingerprint density at radius 3 is 2.70 bits per heavy atom. The first-order valence-electron chi connectivity index (χ1n) is 7.40. The van der Waals surface area contributed by atoms with Gasteiger partial charge in [0.1, 0.15) is 6.10 Å². The van der Waals surface area contributed by atoms with Crippen LogP contribution in [0.3, 0.4) is 0 Å². The van der Waals surface area contributed by atoms with Crippen molar-refractivity contribution in [3.63, 3.8) is 0 Å². The summed E-state index contributed by atoms with van der Waals surface area (Å²) in [5, 5.41) is 2.95. The molecule has 0 bridgehead atoms. The van der Waals surface area contributed by atoms with E-state index in [0.717, 1.165) is 6.54 Å². The van der Waals surface area contributed by atoms with Crippen LogP contribution in [-0.4, -0.2) is 43.6 Å². The Bertz CT molecular complexity index is 459. The predicted octanol–water partition coefficient (Wildman–Crippen LogP) is 1.58. The molecule has 1 aliphatic heterocycles. The van der Waals surface area contributed by atoms with E-state index in [1.807, 2.05) is 30.1 Å². The highest BCUT2D eigenvalue weighted by Gasteiger charge is 2.39. The fourth-order valence-corrected chi connectivity index (χ4v) is 2.84. The number of amides is 1. The zero-order chi connectivity index (χ0) is 13.9. The van der Waals surface area contributed by atoms with Crippen LogP contribution < -0.4 is 5.32 Å². The van der Waals surface area contributed by atoms with E-state index in [0.29, 0.717) is 19.0 Å². The van der Waals surface area contributed by atoms with Gasteiger partial charge in [0.15, 0.2) is 0 Å². The molecule has 4 heteroatoms. The van der Waals surface area contributed by atoms with Crippen LogP contribution >= 0.6 is 0 Å². The summed E-state index contributed by atoms with van der Waals surface area (Å²) in [7, 11) is 1.81. The molecule has 0 unspecified atom stereocenters. The maximum Gasteiger partial charge on any atom is 0.236 e. The third-order valence-corrected chi connectivity index (χ3v) is 4.13. The van der Waals surface area contributed by atoms with Gasteiger partial charge in [-0.3, -0.25) is 4.79 Å². The molecule has 2 fully saturated rings. The molecule has 1 amide bonds. The second kappa shape index (κ2) is 5.94. The van der Waals surface area contributed by atoms with Crippen LogP contribution in [0.25, 0.3) is 0 Å². The van der Waals surface area contributed by atoms with Crippen LogP contribution in [-0.2, 0) is 9.53 Å². The molecule has 0 radical (unpaired) electrons. The highest BCUT2D eigenvalue weighted by atomic mass is 16.5. The van der Waals surface area contributed by atoms with Crippen molar-refractivity contribution in [1.82, 2.24) is 10.2 Å². The van der Waals surface area contributed by atoms with Gasteiger partial charge in [0.2, 0.25) is 5.91 Å². The minimum Gasteiger partial charge on any atom is -0.366 e. The normalized spacial score (nSPS) is 26.6. The average molecular weight is 274 g/mol. The summed E-state index contributed by atoms with van der Waals surface area (Å²) in [6.45, 7) is 1.81. The predicted molar refractivity (Wildman–Crippen MR) is 77.3 cm³/mol. The summed E-state index contributed by atoms with van der Waals surface area (Å²) in [4.78, 5) is 14.1. The van der Waals surface area contributed by atoms with Gasteiger partial charge in [0, 0.05) is 6.54 Å². The second-order valence-corrected chi connectivity index (χ2v) is 5.74. The van der Waals surface area contributed by atoms with E-state index in [1.54, 1.807) is 0 Å². The van der Waals surface area contributed by atoms with Crippen LogP contribution in [0.4, 0.5) is 0 Å². The van der Waals surface area contributed by atoms with Crippen LogP contribution in [0.15, 0.2) is 30.3 Å². The van der Waals surface area contributed by atoms with Crippen molar-refractivity contribution in [2.45, 2.75) is 25.0 Å². The quantitative estimate of drug-likeness (QED) is 0.906. The maximum atomic E-state index is 12.2. The molecule has 4 nitrogen and oxygen atoms in total. The lowest BCUT2D eigenvalue weighted by atomic mass is 10.0. The van der Waals surface area contributed by atoms with Crippen molar-refractivity contribution in [3.05, 3.63) is 35.9 Å². The number of hydrogen-bond acceptors (Lipinski definition) is 3. The molecule has 1 N–H and O–H groups in total. The molecule has 1 heterocycles. The van der Waals surface area contributed by atoms with Crippen LogP contribution in [0.5, 0.6) is 0 Å². The lowest BCUT2D eigenvalue weighted by Crippen LogP contribution is -2.49. The molecule has 1 aromatic rings. The average Bonchev–Trinajstić information content (AvgIpc) is 3.33. The van der Waals surface area contributed by atoms with E-state index in [4.69, 9.17) is 4.74 Å². The van der Waals surface area contributed by atoms with Gasteiger partial charge in [-0.15, -0.1) is 0 Å². The monoisotopic (exact) mass is 274 g/mol. The number of carbonyl (C=O) groups is 1.